The fourth-order valence-electron chi connectivity index (χ4n) is 3.51. The van der Waals surface area contributed by atoms with Crippen LogP contribution in [0.3, 0.4) is 0 Å². The summed E-state index contributed by atoms with van der Waals surface area (Å²) in [6.07, 6.45) is 3.18. The Balaban J connectivity index is 1.47. The molecule has 2 aromatic rings. The van der Waals surface area contributed by atoms with Crippen molar-refractivity contribution >= 4 is 11.6 Å². The van der Waals surface area contributed by atoms with Gasteiger partial charge in [-0.3, -0.25) is 9.69 Å². The SMILES string of the molecule is CCc1ccccc1NC(=O)CN1CCCC(COc2ccccc2)C1. The number of piperidine rings is 1. The van der Waals surface area contributed by atoms with Crippen LogP contribution in [0.15, 0.2) is 54.6 Å². The van der Waals surface area contributed by atoms with Gasteiger partial charge in [-0.05, 0) is 49.6 Å². The first-order valence-electron chi connectivity index (χ1n) is 9.52. The van der Waals surface area contributed by atoms with Crippen molar-refractivity contribution < 1.29 is 9.53 Å². The minimum absolute atomic E-state index is 0.0653. The fourth-order valence-corrected chi connectivity index (χ4v) is 3.51. The maximum atomic E-state index is 12.5. The molecule has 0 aromatic heterocycles. The van der Waals surface area contributed by atoms with E-state index in [2.05, 4.69) is 23.2 Å². The molecule has 0 spiro atoms. The van der Waals surface area contributed by atoms with Crippen molar-refractivity contribution in [2.45, 2.75) is 26.2 Å². The summed E-state index contributed by atoms with van der Waals surface area (Å²) in [4.78, 5) is 14.7. The zero-order valence-corrected chi connectivity index (χ0v) is 15.5. The third-order valence-corrected chi connectivity index (χ3v) is 4.87. The van der Waals surface area contributed by atoms with E-state index >= 15 is 0 Å². The summed E-state index contributed by atoms with van der Waals surface area (Å²) in [6, 6.07) is 17.9. The second-order valence-corrected chi connectivity index (χ2v) is 6.93. The Labute approximate surface area is 156 Å². The molecule has 1 aliphatic heterocycles. The van der Waals surface area contributed by atoms with E-state index in [1.165, 1.54) is 5.56 Å². The van der Waals surface area contributed by atoms with Crippen molar-refractivity contribution in [3.8, 4) is 5.75 Å². The van der Waals surface area contributed by atoms with Gasteiger partial charge in [0.15, 0.2) is 0 Å². The number of anilines is 1. The van der Waals surface area contributed by atoms with Gasteiger partial charge in [0.1, 0.15) is 5.75 Å². The highest BCUT2D eigenvalue weighted by Crippen LogP contribution is 2.19. The summed E-state index contributed by atoms with van der Waals surface area (Å²) >= 11 is 0. The molecule has 1 heterocycles. The second-order valence-electron chi connectivity index (χ2n) is 6.93. The van der Waals surface area contributed by atoms with Crippen LogP contribution in [-0.2, 0) is 11.2 Å². The Morgan fingerprint density at radius 3 is 2.73 bits per heavy atom. The molecule has 0 bridgehead atoms. The Hall–Kier alpha value is -2.33. The number of rotatable bonds is 7. The summed E-state index contributed by atoms with van der Waals surface area (Å²) in [5, 5.41) is 3.07. The normalized spacial score (nSPS) is 17.7. The molecule has 4 nitrogen and oxygen atoms in total. The summed E-state index contributed by atoms with van der Waals surface area (Å²) in [5.41, 5.74) is 2.11. The zero-order chi connectivity index (χ0) is 18.2. The quantitative estimate of drug-likeness (QED) is 0.819. The number of nitrogens with one attached hydrogen (secondary N) is 1. The molecule has 1 fully saturated rings. The molecule has 1 atom stereocenters. The van der Waals surface area contributed by atoms with E-state index in [0.717, 1.165) is 43.8 Å². The first kappa shape index (κ1) is 18.5. The Kier molecular flexibility index (Phi) is 6.67. The van der Waals surface area contributed by atoms with Crippen LogP contribution in [0.5, 0.6) is 5.75 Å². The molecular weight excluding hydrogens is 324 g/mol. The monoisotopic (exact) mass is 352 g/mol. The first-order valence-corrected chi connectivity index (χ1v) is 9.52. The van der Waals surface area contributed by atoms with Gasteiger partial charge in [0.05, 0.1) is 13.2 Å². The summed E-state index contributed by atoms with van der Waals surface area (Å²) in [5.74, 6) is 1.45. The molecule has 3 rings (SSSR count). The molecule has 1 aliphatic rings. The molecule has 4 heteroatoms. The van der Waals surface area contributed by atoms with Gasteiger partial charge in [-0.1, -0.05) is 43.3 Å². The average Bonchev–Trinajstić information content (AvgIpc) is 2.68. The van der Waals surface area contributed by atoms with Crippen LogP contribution < -0.4 is 10.1 Å². The lowest BCUT2D eigenvalue weighted by molar-refractivity contribution is -0.117. The van der Waals surface area contributed by atoms with Gasteiger partial charge in [-0.15, -0.1) is 0 Å². The van der Waals surface area contributed by atoms with E-state index in [1.54, 1.807) is 0 Å². The molecule has 1 saturated heterocycles. The predicted molar refractivity (Wildman–Crippen MR) is 106 cm³/mol. The van der Waals surface area contributed by atoms with Gasteiger partial charge in [0.2, 0.25) is 5.91 Å². The maximum Gasteiger partial charge on any atom is 0.238 e. The third kappa shape index (κ3) is 5.33. The van der Waals surface area contributed by atoms with Crippen LogP contribution in [-0.4, -0.2) is 37.0 Å². The number of hydrogen-bond acceptors (Lipinski definition) is 3. The van der Waals surface area contributed by atoms with Crippen molar-refractivity contribution in [3.05, 3.63) is 60.2 Å². The maximum absolute atomic E-state index is 12.5. The lowest BCUT2D eigenvalue weighted by atomic mass is 9.99. The molecule has 26 heavy (non-hydrogen) atoms. The van der Waals surface area contributed by atoms with E-state index in [4.69, 9.17) is 4.74 Å². The third-order valence-electron chi connectivity index (χ3n) is 4.87. The molecule has 0 saturated carbocycles. The van der Waals surface area contributed by atoms with Crippen molar-refractivity contribution in [2.75, 3.05) is 31.6 Å². The van der Waals surface area contributed by atoms with E-state index in [1.807, 2.05) is 48.5 Å². The van der Waals surface area contributed by atoms with Crippen LogP contribution in [0.4, 0.5) is 5.69 Å². The highest BCUT2D eigenvalue weighted by Gasteiger charge is 2.22. The van der Waals surface area contributed by atoms with Crippen molar-refractivity contribution in [3.63, 3.8) is 0 Å². The highest BCUT2D eigenvalue weighted by molar-refractivity contribution is 5.93. The van der Waals surface area contributed by atoms with Gasteiger partial charge in [0, 0.05) is 18.2 Å². The summed E-state index contributed by atoms with van der Waals surface area (Å²) < 4.78 is 5.90. The number of nitrogens with zero attached hydrogens (tertiary/aromatic N) is 1. The van der Waals surface area contributed by atoms with Crippen LogP contribution >= 0.6 is 0 Å². The fraction of sp³-hybridized carbons (Fsp3) is 0.409. The lowest BCUT2D eigenvalue weighted by Crippen LogP contribution is -2.42. The average molecular weight is 352 g/mol. The minimum atomic E-state index is 0.0653. The summed E-state index contributed by atoms with van der Waals surface area (Å²) in [6.45, 7) is 5.15. The number of para-hydroxylation sites is 2. The van der Waals surface area contributed by atoms with E-state index in [-0.39, 0.29) is 5.91 Å². The van der Waals surface area contributed by atoms with Crippen LogP contribution in [0.1, 0.15) is 25.3 Å². The van der Waals surface area contributed by atoms with Crippen LogP contribution in [0.25, 0.3) is 0 Å². The van der Waals surface area contributed by atoms with Gasteiger partial charge in [-0.25, -0.2) is 0 Å². The molecule has 0 radical (unpaired) electrons. The molecule has 1 N–H and O–H groups in total. The summed E-state index contributed by atoms with van der Waals surface area (Å²) in [7, 11) is 0. The highest BCUT2D eigenvalue weighted by atomic mass is 16.5. The van der Waals surface area contributed by atoms with E-state index in [9.17, 15) is 4.79 Å². The standard InChI is InChI=1S/C22H28N2O2/c1-2-19-10-6-7-13-21(19)23-22(25)16-24-14-8-9-18(15-24)17-26-20-11-4-3-5-12-20/h3-7,10-13,18H,2,8-9,14-17H2,1H3,(H,23,25). The molecule has 138 valence electrons. The molecule has 1 unspecified atom stereocenters. The topological polar surface area (TPSA) is 41.6 Å². The van der Waals surface area contributed by atoms with Gasteiger partial charge in [-0.2, -0.15) is 0 Å². The number of benzene rings is 2. The van der Waals surface area contributed by atoms with Gasteiger partial charge < -0.3 is 10.1 Å². The largest absolute Gasteiger partial charge is 0.493 e. The van der Waals surface area contributed by atoms with Gasteiger partial charge in [0.25, 0.3) is 0 Å². The number of hydrogen-bond donors (Lipinski definition) is 1. The number of amides is 1. The Morgan fingerprint density at radius 1 is 1.15 bits per heavy atom. The van der Waals surface area contributed by atoms with Gasteiger partial charge >= 0.3 is 0 Å². The van der Waals surface area contributed by atoms with Crippen molar-refractivity contribution in [1.82, 2.24) is 4.90 Å². The van der Waals surface area contributed by atoms with Crippen LogP contribution in [0, 0.1) is 5.92 Å². The van der Waals surface area contributed by atoms with E-state index < -0.39 is 0 Å². The molecule has 1 amide bonds. The number of aryl methyl sites for hydroxylation is 1. The lowest BCUT2D eigenvalue weighted by Gasteiger charge is -2.32. The molecule has 2 aromatic carbocycles. The Bertz CT molecular complexity index is 702. The molecular formula is C22H28N2O2. The smallest absolute Gasteiger partial charge is 0.238 e. The Morgan fingerprint density at radius 2 is 1.92 bits per heavy atom. The van der Waals surface area contributed by atoms with E-state index in [0.29, 0.717) is 19.1 Å². The second kappa shape index (κ2) is 9.39. The van der Waals surface area contributed by atoms with Crippen molar-refractivity contribution in [2.24, 2.45) is 5.92 Å². The molecule has 0 aliphatic carbocycles. The number of ether oxygens (including phenoxy) is 1. The zero-order valence-electron chi connectivity index (χ0n) is 15.5. The minimum Gasteiger partial charge on any atom is -0.493 e. The first-order chi connectivity index (χ1) is 12.7. The number of carbonyl (C=O) groups excluding carboxylic acids is 1. The number of likely N-dealkylation sites (tertiary alicyclic amines) is 1. The van der Waals surface area contributed by atoms with Crippen molar-refractivity contribution in [1.29, 1.82) is 0 Å². The van der Waals surface area contributed by atoms with Crippen LogP contribution in [0.2, 0.25) is 0 Å². The predicted octanol–water partition coefficient (Wildman–Crippen LogP) is 3.98. The number of carbonyl (C=O) groups is 1.